The van der Waals surface area contributed by atoms with Crippen molar-refractivity contribution in [2.45, 2.75) is 44.5 Å². The van der Waals surface area contributed by atoms with Crippen LogP contribution in [0.2, 0.25) is 0 Å². The number of unbranched alkanes of at least 4 members (excludes halogenated alkanes) is 2. The number of rotatable bonds is 6. The Morgan fingerprint density at radius 3 is 1.92 bits per heavy atom. The van der Waals surface area contributed by atoms with Crippen LogP contribution in [0.5, 0.6) is 0 Å². The highest BCUT2D eigenvalue weighted by Crippen LogP contribution is 2.37. The molecule has 0 aliphatic carbocycles. The summed E-state index contributed by atoms with van der Waals surface area (Å²) in [5.41, 5.74) is 0. The molecule has 0 aliphatic heterocycles. The fraction of sp³-hybridized carbons (Fsp3) is 1.00. The quantitative estimate of drug-likeness (QED) is 0.518. The summed E-state index contributed by atoms with van der Waals surface area (Å²) in [6.45, 7) is -0.00550. The van der Waals surface area contributed by atoms with Crippen LogP contribution in [0.1, 0.15) is 32.6 Å². The van der Waals surface area contributed by atoms with Crippen molar-refractivity contribution in [2.24, 2.45) is 0 Å². The summed E-state index contributed by atoms with van der Waals surface area (Å²) in [6, 6.07) is 0. The van der Waals surface area contributed by atoms with Gasteiger partial charge in [0.05, 0.1) is 0 Å². The molecule has 1 N–H and O–H groups in total. The third-order valence-electron chi connectivity index (χ3n) is 1.83. The molecule has 80 valence electrons. The van der Waals surface area contributed by atoms with E-state index >= 15 is 0 Å². The van der Waals surface area contributed by atoms with Crippen LogP contribution in [0.3, 0.4) is 0 Å². The zero-order chi connectivity index (χ0) is 10.5. The van der Waals surface area contributed by atoms with E-state index in [0.29, 0.717) is 12.8 Å². The molecule has 0 amide bonds. The van der Waals surface area contributed by atoms with Crippen molar-refractivity contribution in [1.82, 2.24) is 0 Å². The Hall–Kier alpha value is -0.320. The molecule has 0 rings (SSSR count). The molecule has 0 aromatic carbocycles. The van der Waals surface area contributed by atoms with Gasteiger partial charge in [-0.3, -0.25) is 0 Å². The fourth-order valence-electron chi connectivity index (χ4n) is 0.896. The van der Waals surface area contributed by atoms with E-state index in [1.807, 2.05) is 0 Å². The van der Waals surface area contributed by atoms with Crippen LogP contribution in [-0.2, 0) is 0 Å². The van der Waals surface area contributed by atoms with Crippen LogP contribution >= 0.6 is 0 Å². The molecule has 0 heterocycles. The molecular weight excluding hydrogens is 188 g/mol. The van der Waals surface area contributed by atoms with Crippen molar-refractivity contribution < 1.29 is 22.7 Å². The van der Waals surface area contributed by atoms with Gasteiger partial charge in [-0.05, 0) is 6.42 Å². The van der Waals surface area contributed by atoms with Gasteiger partial charge in [0, 0.05) is 6.42 Å². The predicted molar refractivity (Wildman–Crippen MR) is 41.1 cm³/mol. The van der Waals surface area contributed by atoms with E-state index in [4.69, 9.17) is 5.11 Å². The first kappa shape index (κ1) is 12.7. The van der Waals surface area contributed by atoms with Gasteiger partial charge >= 0.3 is 11.8 Å². The lowest BCUT2D eigenvalue weighted by molar-refractivity contribution is -0.228. The minimum Gasteiger partial charge on any atom is -0.390 e. The Bertz CT molecular complexity index is 147. The van der Waals surface area contributed by atoms with Crippen molar-refractivity contribution in [3.63, 3.8) is 0 Å². The minimum atomic E-state index is -4.29. The van der Waals surface area contributed by atoms with Crippen molar-refractivity contribution >= 4 is 0 Å². The Labute approximate surface area is 74.8 Å². The third kappa shape index (κ3) is 3.50. The van der Waals surface area contributed by atoms with Crippen molar-refractivity contribution in [1.29, 1.82) is 0 Å². The molecule has 13 heavy (non-hydrogen) atoms. The van der Waals surface area contributed by atoms with Gasteiger partial charge in [-0.1, -0.05) is 19.8 Å². The first-order valence-electron chi connectivity index (χ1n) is 4.24. The molecule has 5 heteroatoms. The maximum atomic E-state index is 12.6. The summed E-state index contributed by atoms with van der Waals surface area (Å²) < 4.78 is 49.9. The zero-order valence-electron chi connectivity index (χ0n) is 7.49. The lowest BCUT2D eigenvalue weighted by Gasteiger charge is -2.24. The molecule has 0 unspecified atom stereocenters. The van der Waals surface area contributed by atoms with Crippen LogP contribution in [0.4, 0.5) is 17.6 Å². The van der Waals surface area contributed by atoms with Gasteiger partial charge in [0.25, 0.3) is 0 Å². The first-order chi connectivity index (χ1) is 5.87. The van der Waals surface area contributed by atoms with Crippen molar-refractivity contribution in [2.75, 3.05) is 6.61 Å². The van der Waals surface area contributed by atoms with Crippen LogP contribution in [-0.4, -0.2) is 23.6 Å². The second-order valence-corrected chi connectivity index (χ2v) is 3.02. The second kappa shape index (κ2) is 4.79. The maximum absolute atomic E-state index is 12.6. The Kier molecular flexibility index (Phi) is 4.67. The molecular formula is C8H14F4O. The topological polar surface area (TPSA) is 20.2 Å². The summed E-state index contributed by atoms with van der Waals surface area (Å²) in [7, 11) is 0. The van der Waals surface area contributed by atoms with Gasteiger partial charge in [-0.2, -0.15) is 17.6 Å². The highest BCUT2D eigenvalue weighted by Gasteiger charge is 2.54. The van der Waals surface area contributed by atoms with Crippen LogP contribution in [0, 0.1) is 0 Å². The lowest BCUT2D eigenvalue weighted by Crippen LogP contribution is -2.43. The Morgan fingerprint density at radius 2 is 1.54 bits per heavy atom. The predicted octanol–water partition coefficient (Wildman–Crippen LogP) is 2.83. The van der Waals surface area contributed by atoms with Gasteiger partial charge < -0.3 is 5.11 Å². The maximum Gasteiger partial charge on any atom is 0.332 e. The number of hydrogen-bond acceptors (Lipinski definition) is 1. The molecule has 0 aromatic heterocycles. The normalized spacial score (nSPS) is 13.4. The van der Waals surface area contributed by atoms with E-state index in [-0.39, 0.29) is 6.42 Å². The van der Waals surface area contributed by atoms with Gasteiger partial charge in [-0.15, -0.1) is 0 Å². The average Bonchev–Trinajstić information content (AvgIpc) is 2.04. The summed E-state index contributed by atoms with van der Waals surface area (Å²) >= 11 is 0. The average molecular weight is 202 g/mol. The molecule has 0 aromatic rings. The number of halogens is 4. The zero-order valence-corrected chi connectivity index (χ0v) is 7.49. The van der Waals surface area contributed by atoms with E-state index in [0.717, 1.165) is 0 Å². The molecule has 0 radical (unpaired) electrons. The van der Waals surface area contributed by atoms with Crippen LogP contribution in [0.25, 0.3) is 0 Å². The number of aliphatic hydroxyl groups is 1. The molecule has 0 atom stereocenters. The largest absolute Gasteiger partial charge is 0.390 e. The van der Waals surface area contributed by atoms with Gasteiger partial charge in [0.15, 0.2) is 0 Å². The molecule has 0 spiro atoms. The molecule has 0 saturated heterocycles. The molecule has 1 nitrogen and oxygen atoms in total. The molecule has 0 fully saturated rings. The number of alkyl halides is 4. The lowest BCUT2D eigenvalue weighted by atomic mass is 10.0. The molecule has 0 bridgehead atoms. The monoisotopic (exact) mass is 202 g/mol. The van der Waals surface area contributed by atoms with Gasteiger partial charge in [0.1, 0.15) is 6.61 Å². The van der Waals surface area contributed by atoms with Crippen molar-refractivity contribution in [3.05, 3.63) is 0 Å². The van der Waals surface area contributed by atoms with Crippen molar-refractivity contribution in [3.8, 4) is 0 Å². The van der Waals surface area contributed by atoms with Gasteiger partial charge in [-0.25, -0.2) is 0 Å². The fourth-order valence-corrected chi connectivity index (χ4v) is 0.896. The standard InChI is InChI=1S/C8H14F4O/c1-2-3-4-5-7(9,10)8(11,12)6-13/h13H,2-6H2,1H3. The summed E-state index contributed by atoms with van der Waals surface area (Å²) in [5, 5.41) is 8.06. The number of hydrogen-bond donors (Lipinski definition) is 1. The highest BCUT2D eigenvalue weighted by molar-refractivity contribution is 4.83. The Morgan fingerprint density at radius 1 is 1.00 bits per heavy atom. The minimum absolute atomic E-state index is 0.0547. The highest BCUT2D eigenvalue weighted by atomic mass is 19.3. The van der Waals surface area contributed by atoms with Crippen LogP contribution < -0.4 is 0 Å². The summed E-state index contributed by atoms with van der Waals surface area (Å²) in [4.78, 5) is 0. The Balaban J connectivity index is 4.06. The van der Waals surface area contributed by atoms with E-state index in [2.05, 4.69) is 0 Å². The van der Waals surface area contributed by atoms with Gasteiger partial charge in [0.2, 0.25) is 0 Å². The first-order valence-corrected chi connectivity index (χ1v) is 4.24. The van der Waals surface area contributed by atoms with E-state index in [1.165, 1.54) is 0 Å². The van der Waals surface area contributed by atoms with E-state index in [9.17, 15) is 17.6 Å². The number of aliphatic hydroxyl groups excluding tert-OH is 1. The van der Waals surface area contributed by atoms with E-state index in [1.54, 1.807) is 6.92 Å². The smallest absolute Gasteiger partial charge is 0.332 e. The third-order valence-corrected chi connectivity index (χ3v) is 1.83. The summed E-state index contributed by atoms with van der Waals surface area (Å²) in [5.74, 6) is -8.38. The second-order valence-electron chi connectivity index (χ2n) is 3.02. The molecule has 0 aliphatic rings. The van der Waals surface area contributed by atoms with E-state index < -0.39 is 24.9 Å². The van der Waals surface area contributed by atoms with Crippen LogP contribution in [0.15, 0.2) is 0 Å². The SMILES string of the molecule is CCCCCC(F)(F)C(F)(F)CO. The molecule has 0 saturated carbocycles. The summed E-state index contributed by atoms with van der Waals surface area (Å²) in [6.07, 6.45) is 0.380.